The van der Waals surface area contributed by atoms with Crippen molar-refractivity contribution in [3.63, 3.8) is 0 Å². The average Bonchev–Trinajstić information content (AvgIpc) is 3.29. The Bertz CT molecular complexity index is 1230. The maximum Gasteiger partial charge on any atom is 0.220 e. The lowest BCUT2D eigenvalue weighted by molar-refractivity contribution is -0.302. The molecule has 7 unspecified atom stereocenters. The summed E-state index contributed by atoms with van der Waals surface area (Å²) in [4.78, 5) is 13.0. The van der Waals surface area contributed by atoms with Gasteiger partial charge >= 0.3 is 0 Å². The molecule has 9 heteroatoms. The van der Waals surface area contributed by atoms with Gasteiger partial charge in [0.1, 0.15) is 24.4 Å². The fraction of sp³-hybridized carbons (Fsp3) is 0.764. The van der Waals surface area contributed by atoms with Crippen LogP contribution in [0.5, 0.6) is 0 Å². The van der Waals surface area contributed by atoms with E-state index in [0.717, 1.165) is 83.5 Å². The Morgan fingerprint density at radius 1 is 0.547 bits per heavy atom. The van der Waals surface area contributed by atoms with Crippen molar-refractivity contribution in [1.82, 2.24) is 5.32 Å². The molecule has 0 bridgehead atoms. The topological polar surface area (TPSA) is 149 Å². The Morgan fingerprint density at radius 3 is 1.44 bits per heavy atom. The monoisotopic (exact) mass is 900 g/mol. The van der Waals surface area contributed by atoms with Crippen LogP contribution in [0.15, 0.2) is 72.9 Å². The molecule has 1 saturated heterocycles. The van der Waals surface area contributed by atoms with Gasteiger partial charge in [0.2, 0.25) is 5.91 Å². The number of aliphatic hydroxyl groups is 5. The summed E-state index contributed by atoms with van der Waals surface area (Å²) in [6.07, 6.45) is 53.7. The van der Waals surface area contributed by atoms with E-state index in [2.05, 4.69) is 79.9 Å². The summed E-state index contributed by atoms with van der Waals surface area (Å²) < 4.78 is 11.2. The maximum absolute atomic E-state index is 13.0. The van der Waals surface area contributed by atoms with Crippen molar-refractivity contribution >= 4 is 5.91 Å². The quantitative estimate of drug-likeness (QED) is 0.0262. The van der Waals surface area contributed by atoms with Crippen LogP contribution in [-0.4, -0.2) is 87.5 Å². The second kappa shape index (κ2) is 44.5. The van der Waals surface area contributed by atoms with Crippen molar-refractivity contribution in [1.29, 1.82) is 0 Å². The fourth-order valence-corrected chi connectivity index (χ4v) is 7.89. The molecule has 0 aromatic heterocycles. The van der Waals surface area contributed by atoms with Gasteiger partial charge in [0.05, 0.1) is 25.4 Å². The van der Waals surface area contributed by atoms with Gasteiger partial charge in [-0.15, -0.1) is 0 Å². The lowest BCUT2D eigenvalue weighted by Gasteiger charge is -2.40. The molecule has 0 saturated carbocycles. The van der Waals surface area contributed by atoms with Crippen LogP contribution in [-0.2, 0) is 14.3 Å². The Balaban J connectivity index is 2.30. The molecule has 7 atom stereocenters. The number of allylic oxidation sites excluding steroid dienone is 11. The number of ether oxygens (including phenoxy) is 2. The van der Waals surface area contributed by atoms with Crippen LogP contribution < -0.4 is 5.32 Å². The summed E-state index contributed by atoms with van der Waals surface area (Å²) >= 11 is 0. The zero-order valence-corrected chi connectivity index (χ0v) is 40.8. The second-order valence-electron chi connectivity index (χ2n) is 17.9. The molecule has 1 aliphatic rings. The molecule has 370 valence electrons. The second-order valence-corrected chi connectivity index (χ2v) is 17.9. The van der Waals surface area contributed by atoms with Crippen molar-refractivity contribution in [3.05, 3.63) is 72.9 Å². The van der Waals surface area contributed by atoms with Gasteiger partial charge in [-0.3, -0.25) is 4.79 Å². The van der Waals surface area contributed by atoms with E-state index in [1.165, 1.54) is 109 Å². The van der Waals surface area contributed by atoms with E-state index >= 15 is 0 Å². The Kier molecular flexibility index (Phi) is 41.4. The number of rotatable bonds is 43. The number of carbonyl (C=O) groups is 1. The smallest absolute Gasteiger partial charge is 0.220 e. The van der Waals surface area contributed by atoms with Crippen LogP contribution >= 0.6 is 0 Å². The molecule has 0 aromatic carbocycles. The van der Waals surface area contributed by atoms with Crippen molar-refractivity contribution in [2.75, 3.05) is 13.2 Å². The summed E-state index contributed by atoms with van der Waals surface area (Å²) in [5.41, 5.74) is 0. The molecular formula is C55H97NO8. The van der Waals surface area contributed by atoms with Gasteiger partial charge in [-0.2, -0.15) is 0 Å². The van der Waals surface area contributed by atoms with E-state index in [1.54, 1.807) is 6.08 Å². The first-order valence-corrected chi connectivity index (χ1v) is 26.2. The van der Waals surface area contributed by atoms with Gasteiger partial charge in [0, 0.05) is 6.42 Å². The molecule has 0 spiro atoms. The van der Waals surface area contributed by atoms with Crippen molar-refractivity contribution in [2.45, 2.75) is 256 Å². The van der Waals surface area contributed by atoms with Crippen LogP contribution in [0.1, 0.15) is 213 Å². The van der Waals surface area contributed by atoms with Gasteiger partial charge in [-0.05, 0) is 64.2 Å². The van der Waals surface area contributed by atoms with E-state index in [9.17, 15) is 30.3 Å². The number of nitrogens with one attached hydrogen (secondary N) is 1. The molecule has 0 radical (unpaired) electrons. The molecule has 0 aliphatic carbocycles. The summed E-state index contributed by atoms with van der Waals surface area (Å²) in [7, 11) is 0. The van der Waals surface area contributed by atoms with E-state index in [0.29, 0.717) is 6.42 Å². The third kappa shape index (κ3) is 34.0. The van der Waals surface area contributed by atoms with Crippen LogP contribution in [0.4, 0.5) is 0 Å². The lowest BCUT2D eigenvalue weighted by Crippen LogP contribution is -2.60. The molecular weight excluding hydrogens is 803 g/mol. The van der Waals surface area contributed by atoms with E-state index in [1.807, 2.05) is 6.08 Å². The SMILES string of the molecule is CC/C=C\C/C=C\C/C=C\C/C=C\C/C=C\CCCCCCCCCC(=O)NC(COC1OC(CO)C(O)C(O)C1O)C(O)/C=C/CCCCCCCCCCCCCCCCCC. The Morgan fingerprint density at radius 2 is 0.969 bits per heavy atom. The summed E-state index contributed by atoms with van der Waals surface area (Å²) in [5.74, 6) is -0.190. The van der Waals surface area contributed by atoms with Crippen LogP contribution in [0.2, 0.25) is 0 Å². The molecule has 1 fully saturated rings. The minimum atomic E-state index is -1.57. The van der Waals surface area contributed by atoms with E-state index in [4.69, 9.17) is 9.47 Å². The van der Waals surface area contributed by atoms with Crippen LogP contribution in [0.3, 0.4) is 0 Å². The van der Waals surface area contributed by atoms with Crippen molar-refractivity contribution in [2.24, 2.45) is 0 Å². The molecule has 1 aliphatic heterocycles. The molecule has 6 N–H and O–H groups in total. The van der Waals surface area contributed by atoms with Crippen molar-refractivity contribution < 1.29 is 39.8 Å². The van der Waals surface area contributed by atoms with Gasteiger partial charge in [0.25, 0.3) is 0 Å². The zero-order valence-electron chi connectivity index (χ0n) is 40.8. The Labute approximate surface area is 391 Å². The standard InChI is InChI=1S/C55H97NO8/c1-3-5-7-9-11-13-15-17-19-21-23-24-25-26-27-29-31-33-35-37-39-41-43-45-51(59)56-48(47-63-55-54(62)53(61)52(60)50(46-57)64-55)49(58)44-42-40-38-36-34-32-30-28-22-20-18-16-14-12-10-8-6-4-2/h5,7,11,13,17,19,23-24,26-27,42,44,48-50,52-55,57-58,60-62H,3-4,6,8-10,12,14-16,18,20-22,25,28-41,43,45-47H2,1-2H3,(H,56,59)/b7-5-,13-11-,19-17-,24-23-,27-26-,44-42+. The lowest BCUT2D eigenvalue weighted by atomic mass is 9.99. The van der Waals surface area contributed by atoms with Crippen LogP contribution in [0.25, 0.3) is 0 Å². The maximum atomic E-state index is 13.0. The summed E-state index contributed by atoms with van der Waals surface area (Å²) in [6.45, 7) is 3.66. The number of hydrogen-bond acceptors (Lipinski definition) is 8. The van der Waals surface area contributed by atoms with Gasteiger partial charge in [-0.1, -0.05) is 215 Å². The summed E-state index contributed by atoms with van der Waals surface area (Å²) in [6, 6.07) is -0.815. The third-order valence-corrected chi connectivity index (χ3v) is 12.0. The first kappa shape index (κ1) is 59.6. The molecule has 1 rings (SSSR count). The normalized spacial score (nSPS) is 20.6. The van der Waals surface area contributed by atoms with Crippen molar-refractivity contribution in [3.8, 4) is 0 Å². The molecule has 9 nitrogen and oxygen atoms in total. The van der Waals surface area contributed by atoms with Gasteiger partial charge in [-0.25, -0.2) is 0 Å². The number of hydrogen-bond donors (Lipinski definition) is 6. The van der Waals surface area contributed by atoms with Gasteiger partial charge in [0.15, 0.2) is 6.29 Å². The molecule has 1 heterocycles. The average molecular weight is 900 g/mol. The zero-order chi connectivity index (χ0) is 46.6. The third-order valence-electron chi connectivity index (χ3n) is 12.0. The fourth-order valence-electron chi connectivity index (χ4n) is 7.89. The van der Waals surface area contributed by atoms with E-state index < -0.39 is 49.5 Å². The largest absolute Gasteiger partial charge is 0.394 e. The molecule has 0 aromatic rings. The number of unbranched alkanes of at least 4 members (excludes halogenated alkanes) is 23. The number of aliphatic hydroxyl groups excluding tert-OH is 5. The van der Waals surface area contributed by atoms with E-state index in [-0.39, 0.29) is 12.5 Å². The van der Waals surface area contributed by atoms with Gasteiger partial charge < -0.3 is 40.3 Å². The first-order chi connectivity index (χ1) is 31.3. The Hall–Kier alpha value is -2.37. The highest BCUT2D eigenvalue weighted by molar-refractivity contribution is 5.76. The predicted octanol–water partition coefficient (Wildman–Crippen LogP) is 12.1. The minimum Gasteiger partial charge on any atom is -0.394 e. The van der Waals surface area contributed by atoms with Crippen LogP contribution in [0, 0.1) is 0 Å². The summed E-state index contributed by atoms with van der Waals surface area (Å²) in [5, 5.41) is 54.4. The number of carbonyl (C=O) groups excluding carboxylic acids is 1. The molecule has 64 heavy (non-hydrogen) atoms. The first-order valence-electron chi connectivity index (χ1n) is 26.2. The highest BCUT2D eigenvalue weighted by atomic mass is 16.7. The minimum absolute atomic E-state index is 0.190. The highest BCUT2D eigenvalue weighted by Crippen LogP contribution is 2.23. The number of amides is 1. The predicted molar refractivity (Wildman–Crippen MR) is 267 cm³/mol. The highest BCUT2D eigenvalue weighted by Gasteiger charge is 2.44. The molecule has 1 amide bonds.